The highest BCUT2D eigenvalue weighted by atomic mass is 14.9. The molecule has 1 aromatic rings. The zero-order valence-corrected chi connectivity index (χ0v) is 11.0. The Bertz CT molecular complexity index is 291. The second-order valence-electron chi connectivity index (χ2n) is 5.72. The fourth-order valence-corrected chi connectivity index (χ4v) is 2.22. The minimum Gasteiger partial charge on any atom is -0.312 e. The van der Waals surface area contributed by atoms with E-state index in [1.807, 2.05) is 12.4 Å². The van der Waals surface area contributed by atoms with Crippen molar-refractivity contribution < 1.29 is 0 Å². The molecule has 0 saturated heterocycles. The molecule has 0 fully saturated rings. The van der Waals surface area contributed by atoms with Gasteiger partial charge in [-0.1, -0.05) is 27.7 Å². The van der Waals surface area contributed by atoms with Gasteiger partial charge in [-0.05, 0) is 35.4 Å². The number of hydrogen-bond donors (Lipinski definition) is 1. The standard InChI is InChI=1S/C14H24N2/c1-12(2)9-14(3,4)11-16-10-13-5-7-15-8-6-13/h5-8,12,16H,9-11H2,1-4H3. The monoisotopic (exact) mass is 220 g/mol. The Kier molecular flexibility index (Phi) is 4.94. The molecule has 0 aromatic carbocycles. The quantitative estimate of drug-likeness (QED) is 0.796. The lowest BCUT2D eigenvalue weighted by Gasteiger charge is -2.27. The highest BCUT2D eigenvalue weighted by Crippen LogP contribution is 2.24. The van der Waals surface area contributed by atoms with E-state index in [9.17, 15) is 0 Å². The molecule has 0 aliphatic carbocycles. The number of nitrogens with zero attached hydrogens (tertiary/aromatic N) is 1. The van der Waals surface area contributed by atoms with Crippen LogP contribution in [0.25, 0.3) is 0 Å². The first kappa shape index (κ1) is 13.2. The lowest BCUT2D eigenvalue weighted by Crippen LogP contribution is -2.30. The van der Waals surface area contributed by atoms with Crippen molar-refractivity contribution in [2.24, 2.45) is 11.3 Å². The molecule has 0 atom stereocenters. The molecule has 0 saturated carbocycles. The minimum atomic E-state index is 0.376. The van der Waals surface area contributed by atoms with Gasteiger partial charge >= 0.3 is 0 Å². The van der Waals surface area contributed by atoms with E-state index in [-0.39, 0.29) is 0 Å². The molecule has 0 amide bonds. The number of pyridine rings is 1. The molecule has 1 rings (SSSR count). The van der Waals surface area contributed by atoms with Crippen molar-refractivity contribution in [1.29, 1.82) is 0 Å². The third-order valence-corrected chi connectivity index (χ3v) is 2.64. The highest BCUT2D eigenvalue weighted by Gasteiger charge is 2.18. The molecule has 2 heteroatoms. The van der Waals surface area contributed by atoms with E-state index in [4.69, 9.17) is 0 Å². The normalized spacial score (nSPS) is 12.1. The molecule has 90 valence electrons. The van der Waals surface area contributed by atoms with Crippen LogP contribution >= 0.6 is 0 Å². The maximum atomic E-state index is 4.01. The summed E-state index contributed by atoms with van der Waals surface area (Å²) in [7, 11) is 0. The third kappa shape index (κ3) is 5.26. The van der Waals surface area contributed by atoms with Gasteiger partial charge in [-0.3, -0.25) is 4.98 Å². The van der Waals surface area contributed by atoms with Crippen LogP contribution in [0.2, 0.25) is 0 Å². The maximum absolute atomic E-state index is 4.01. The first-order valence-electron chi connectivity index (χ1n) is 6.09. The first-order chi connectivity index (χ1) is 7.49. The third-order valence-electron chi connectivity index (χ3n) is 2.64. The number of nitrogens with one attached hydrogen (secondary N) is 1. The second kappa shape index (κ2) is 6.00. The fraction of sp³-hybridized carbons (Fsp3) is 0.643. The van der Waals surface area contributed by atoms with Gasteiger partial charge in [0.1, 0.15) is 0 Å². The SMILES string of the molecule is CC(C)CC(C)(C)CNCc1ccncc1. The van der Waals surface area contributed by atoms with Gasteiger partial charge in [0.25, 0.3) is 0 Å². The molecule has 1 aromatic heterocycles. The molecule has 0 radical (unpaired) electrons. The van der Waals surface area contributed by atoms with Gasteiger partial charge in [0.15, 0.2) is 0 Å². The average molecular weight is 220 g/mol. The summed E-state index contributed by atoms with van der Waals surface area (Å²) < 4.78 is 0. The van der Waals surface area contributed by atoms with E-state index in [0.717, 1.165) is 19.0 Å². The Morgan fingerprint density at radius 1 is 1.25 bits per heavy atom. The van der Waals surface area contributed by atoms with Crippen LogP contribution in [-0.4, -0.2) is 11.5 Å². The van der Waals surface area contributed by atoms with Gasteiger partial charge in [0.2, 0.25) is 0 Å². The van der Waals surface area contributed by atoms with Crippen LogP contribution in [0, 0.1) is 11.3 Å². The van der Waals surface area contributed by atoms with Gasteiger partial charge in [-0.15, -0.1) is 0 Å². The summed E-state index contributed by atoms with van der Waals surface area (Å²) in [6.45, 7) is 11.2. The van der Waals surface area contributed by atoms with Crippen molar-refractivity contribution in [3.63, 3.8) is 0 Å². The second-order valence-corrected chi connectivity index (χ2v) is 5.72. The predicted octanol–water partition coefficient (Wildman–Crippen LogP) is 3.24. The van der Waals surface area contributed by atoms with Gasteiger partial charge in [0, 0.05) is 25.5 Å². The van der Waals surface area contributed by atoms with Gasteiger partial charge in [0.05, 0.1) is 0 Å². The summed E-state index contributed by atoms with van der Waals surface area (Å²) in [4.78, 5) is 4.01. The molecular weight excluding hydrogens is 196 g/mol. The summed E-state index contributed by atoms with van der Waals surface area (Å²) in [6.07, 6.45) is 4.95. The van der Waals surface area contributed by atoms with E-state index >= 15 is 0 Å². The predicted molar refractivity (Wildman–Crippen MR) is 69.2 cm³/mol. The zero-order chi connectivity index (χ0) is 12.0. The van der Waals surface area contributed by atoms with Crippen molar-refractivity contribution in [1.82, 2.24) is 10.3 Å². The summed E-state index contributed by atoms with van der Waals surface area (Å²) >= 11 is 0. The van der Waals surface area contributed by atoms with E-state index in [1.54, 1.807) is 0 Å². The molecule has 0 unspecified atom stereocenters. The van der Waals surface area contributed by atoms with Crippen molar-refractivity contribution in [2.75, 3.05) is 6.54 Å². The van der Waals surface area contributed by atoms with Crippen LogP contribution in [0.5, 0.6) is 0 Å². The van der Waals surface area contributed by atoms with Gasteiger partial charge in [-0.2, -0.15) is 0 Å². The Hall–Kier alpha value is -0.890. The number of hydrogen-bond acceptors (Lipinski definition) is 2. The van der Waals surface area contributed by atoms with Crippen LogP contribution in [0.1, 0.15) is 39.7 Å². The zero-order valence-electron chi connectivity index (χ0n) is 11.0. The maximum Gasteiger partial charge on any atom is 0.0271 e. The molecule has 0 aliphatic rings. The molecule has 0 spiro atoms. The number of rotatable bonds is 6. The Balaban J connectivity index is 2.30. The van der Waals surface area contributed by atoms with Crippen LogP contribution in [0.4, 0.5) is 0 Å². The van der Waals surface area contributed by atoms with Gasteiger partial charge < -0.3 is 5.32 Å². The van der Waals surface area contributed by atoms with Crippen molar-refractivity contribution >= 4 is 0 Å². The minimum absolute atomic E-state index is 0.376. The van der Waals surface area contributed by atoms with Crippen LogP contribution in [0.3, 0.4) is 0 Å². The van der Waals surface area contributed by atoms with E-state index in [1.165, 1.54) is 12.0 Å². The van der Waals surface area contributed by atoms with Crippen molar-refractivity contribution in [3.8, 4) is 0 Å². The Labute approximate surface area is 99.5 Å². The van der Waals surface area contributed by atoms with E-state index in [2.05, 4.69) is 50.1 Å². The molecule has 0 aliphatic heterocycles. The topological polar surface area (TPSA) is 24.9 Å². The number of aromatic nitrogens is 1. The summed E-state index contributed by atoms with van der Waals surface area (Å²) in [5.41, 5.74) is 1.68. The molecule has 1 heterocycles. The first-order valence-corrected chi connectivity index (χ1v) is 6.09. The van der Waals surface area contributed by atoms with Gasteiger partial charge in [-0.25, -0.2) is 0 Å². The van der Waals surface area contributed by atoms with Crippen molar-refractivity contribution in [3.05, 3.63) is 30.1 Å². The largest absolute Gasteiger partial charge is 0.312 e. The van der Waals surface area contributed by atoms with E-state index in [0.29, 0.717) is 5.41 Å². The van der Waals surface area contributed by atoms with Crippen molar-refractivity contribution in [2.45, 2.75) is 40.7 Å². The molecular formula is C14H24N2. The van der Waals surface area contributed by atoms with Crippen LogP contribution < -0.4 is 5.32 Å². The van der Waals surface area contributed by atoms with Crippen LogP contribution in [0.15, 0.2) is 24.5 Å². The van der Waals surface area contributed by atoms with E-state index < -0.39 is 0 Å². The smallest absolute Gasteiger partial charge is 0.0271 e. The molecule has 0 bridgehead atoms. The summed E-state index contributed by atoms with van der Waals surface area (Å²) in [6, 6.07) is 4.12. The molecule has 1 N–H and O–H groups in total. The molecule has 2 nitrogen and oxygen atoms in total. The highest BCUT2D eigenvalue weighted by molar-refractivity contribution is 5.09. The van der Waals surface area contributed by atoms with Crippen LogP contribution in [-0.2, 0) is 6.54 Å². The molecule has 16 heavy (non-hydrogen) atoms. The Morgan fingerprint density at radius 2 is 1.88 bits per heavy atom. The summed E-state index contributed by atoms with van der Waals surface area (Å²) in [5, 5.41) is 3.52. The Morgan fingerprint density at radius 3 is 2.44 bits per heavy atom. The lowest BCUT2D eigenvalue weighted by atomic mass is 9.84. The fourth-order valence-electron chi connectivity index (χ4n) is 2.22. The lowest BCUT2D eigenvalue weighted by molar-refractivity contribution is 0.273. The summed E-state index contributed by atoms with van der Waals surface area (Å²) in [5.74, 6) is 0.762. The average Bonchev–Trinajstić information content (AvgIpc) is 2.16.